The van der Waals surface area contributed by atoms with Crippen molar-refractivity contribution in [1.29, 1.82) is 0 Å². The van der Waals surface area contributed by atoms with E-state index < -0.39 is 60.5 Å². The third-order valence-electron chi connectivity index (χ3n) is 13.9. The van der Waals surface area contributed by atoms with Gasteiger partial charge in [0.1, 0.15) is 76.3 Å². The van der Waals surface area contributed by atoms with Crippen molar-refractivity contribution < 1.29 is 119 Å². The number of benzene rings is 3. The summed E-state index contributed by atoms with van der Waals surface area (Å²) >= 11 is 28.9. The van der Waals surface area contributed by atoms with Crippen molar-refractivity contribution in [3.63, 3.8) is 0 Å². The van der Waals surface area contributed by atoms with Crippen LogP contribution >= 0.6 is 81.7 Å². The summed E-state index contributed by atoms with van der Waals surface area (Å²) in [5, 5.41) is 24.6. The molecule has 0 amide bonds. The minimum atomic E-state index is -3.17. The molecule has 0 spiro atoms. The number of pyridine rings is 6. The number of thioether (sulfide) groups is 3. The number of carboxylic acid groups (broad SMARTS) is 2. The summed E-state index contributed by atoms with van der Waals surface area (Å²) in [5.41, 5.74) is 1.30. The number of ether oxygens (including phenoxy) is 1. The molecule has 0 aliphatic heterocycles. The summed E-state index contributed by atoms with van der Waals surface area (Å²) in [4.78, 5) is 92.7. The summed E-state index contributed by atoms with van der Waals surface area (Å²) in [7, 11) is -5.66. The first kappa shape index (κ1) is 85.8. The number of nitrogens with zero attached hydrogens (tertiary/aromatic N) is 8. The Morgan fingerprint density at radius 1 is 0.531 bits per heavy atom. The van der Waals surface area contributed by atoms with Gasteiger partial charge >= 0.3 is 71.1 Å². The van der Waals surface area contributed by atoms with Gasteiger partial charge < -0.3 is 48.7 Å². The minimum Gasteiger partial charge on any atom is -0.870 e. The number of sulfone groups is 3. The molecule has 0 aliphatic rings. The SMILES string of the molecule is CCCCS(C)(=O)=O.CCOC(=O)Cn1c2nc(Cl)ccc2c(=O)c2ccc(Cl)c(SC)c21.CSc1c(Cl)ccc2c(=O)c3ccc(N(C)CCS(C)(=O)=O)nc3n(CC(=O)O)c12.CSc1c(Cl)ccc2c(=O)c3ccc(N(C)CCS(C)(=O)=O)nc3n(CC(=O)[O-])c12.[Na+].[Na+].[OH-]. The molecule has 6 heterocycles. The minimum absolute atomic E-state index is 0. The quantitative estimate of drug-likeness (QED) is 0.0355. The summed E-state index contributed by atoms with van der Waals surface area (Å²) < 4.78 is 76.3. The number of rotatable bonds is 21. The molecule has 24 nitrogen and oxygen atoms in total. The van der Waals surface area contributed by atoms with E-state index in [4.69, 9.17) is 51.1 Å². The molecule has 0 unspecified atom stereocenters. The van der Waals surface area contributed by atoms with Gasteiger partial charge in [-0.2, -0.15) is 0 Å². The topological polar surface area (TPSA) is 347 Å². The van der Waals surface area contributed by atoms with E-state index in [0.717, 1.165) is 25.4 Å². The Morgan fingerprint density at radius 3 is 1.18 bits per heavy atom. The number of carboxylic acids is 2. The van der Waals surface area contributed by atoms with Crippen LogP contribution in [0.15, 0.2) is 102 Å². The van der Waals surface area contributed by atoms with Gasteiger partial charge in [-0.15, -0.1) is 35.3 Å². The number of carbonyl (C=O) groups is 3. The fourth-order valence-electron chi connectivity index (χ4n) is 9.51. The average molecular weight is 1540 g/mol. The maximum absolute atomic E-state index is 13.1. The van der Waals surface area contributed by atoms with Gasteiger partial charge in [0.25, 0.3) is 0 Å². The Balaban J connectivity index is 0.000000350. The third-order valence-corrected chi connectivity index (χ3v) is 20.7. The molecule has 2 N–H and O–H groups in total. The molecule has 0 saturated heterocycles. The van der Waals surface area contributed by atoms with Gasteiger partial charge in [0.2, 0.25) is 0 Å². The van der Waals surface area contributed by atoms with Gasteiger partial charge in [0.05, 0.1) is 93.1 Å². The molecule has 0 bridgehead atoms. The summed E-state index contributed by atoms with van der Waals surface area (Å²) in [6.07, 6.45) is 10.7. The molecule has 508 valence electrons. The smallest absolute Gasteiger partial charge is 0.870 e. The zero-order chi connectivity index (χ0) is 69.2. The van der Waals surface area contributed by atoms with Crippen LogP contribution in [0.25, 0.3) is 65.8 Å². The molecule has 9 aromatic rings. The molecule has 9 rings (SSSR count). The van der Waals surface area contributed by atoms with E-state index in [0.29, 0.717) is 90.9 Å². The first-order valence-corrected chi connectivity index (χ1v) is 39.2. The van der Waals surface area contributed by atoms with Gasteiger partial charge in [-0.05, 0) is 105 Å². The largest absolute Gasteiger partial charge is 1.00 e. The number of unbranched alkanes of at least 4 members (excludes halogenated alkanes) is 1. The zero-order valence-corrected chi connectivity index (χ0v) is 66.3. The second-order valence-corrected chi connectivity index (χ2v) is 31.8. The monoisotopic (exact) mass is 1530 g/mol. The summed E-state index contributed by atoms with van der Waals surface area (Å²) in [5.74, 6) is -1.82. The first-order chi connectivity index (χ1) is 43.6. The molecule has 0 aliphatic carbocycles. The number of aliphatic carboxylic acids is 2. The Morgan fingerprint density at radius 2 is 0.865 bits per heavy atom. The number of esters is 1. The summed E-state index contributed by atoms with van der Waals surface area (Å²) in [6.45, 7) is 3.34. The van der Waals surface area contributed by atoms with Crippen LogP contribution < -0.4 is 90.3 Å². The van der Waals surface area contributed by atoms with E-state index in [-0.39, 0.29) is 146 Å². The number of hydrogen-bond donors (Lipinski definition) is 1. The molecule has 3 aromatic carbocycles. The van der Waals surface area contributed by atoms with Crippen molar-refractivity contribution in [3.8, 4) is 0 Å². The summed E-state index contributed by atoms with van der Waals surface area (Å²) in [6, 6.07) is 19.3. The zero-order valence-electron chi connectivity index (χ0n) is 54.4. The van der Waals surface area contributed by atoms with Crippen molar-refractivity contribution in [2.75, 3.05) is 98.4 Å². The van der Waals surface area contributed by atoms with Crippen molar-refractivity contribution in [2.24, 2.45) is 0 Å². The number of carbonyl (C=O) groups excluding carboxylic acids is 2. The molecular weight excluding hydrogens is 1470 g/mol. The van der Waals surface area contributed by atoms with E-state index in [1.54, 1.807) is 121 Å². The molecular formula is C60H66Cl4N8Na2O16S6. The van der Waals surface area contributed by atoms with E-state index in [2.05, 4.69) is 15.0 Å². The fraction of sp³-hybridized carbons (Fsp3) is 0.350. The van der Waals surface area contributed by atoms with Crippen molar-refractivity contribution in [3.05, 3.63) is 124 Å². The van der Waals surface area contributed by atoms with E-state index >= 15 is 0 Å². The Hall–Kier alpha value is -4.45. The van der Waals surface area contributed by atoms with Crippen molar-refractivity contribution >= 4 is 207 Å². The van der Waals surface area contributed by atoms with Gasteiger partial charge in [-0.3, -0.25) is 24.0 Å². The van der Waals surface area contributed by atoms with Crippen molar-refractivity contribution in [2.45, 2.75) is 61.0 Å². The van der Waals surface area contributed by atoms with E-state index in [1.165, 1.54) is 50.7 Å². The van der Waals surface area contributed by atoms with E-state index in [1.807, 2.05) is 13.2 Å². The predicted molar refractivity (Wildman–Crippen MR) is 378 cm³/mol. The van der Waals surface area contributed by atoms with Gasteiger partial charge in [-0.1, -0.05) is 59.7 Å². The maximum Gasteiger partial charge on any atom is 1.00 e. The van der Waals surface area contributed by atoms with Gasteiger partial charge in [0.15, 0.2) is 16.3 Å². The standard InChI is InChI=1S/2C19H20ClN3O5S2.C17H14Cl2N2O3S.C5H12O2S.2Na.H2O/c2*1-22(8-9-30(3,27)28)14-7-5-12-17(26)11-4-6-13(20)18(29-2)16(11)23(10-15(24)25)19(12)21-14;1-3-24-13(22)8-21-14-9(4-6-11(18)16(14)25-2)15(23)10-5-7-12(19)20-17(10)21;1-3-4-5-8(2,6)7;;;/h2*4-7H,8-10H2,1-3H3,(H,24,25);4-7H,3,8H2,1-2H3;3-5H2,1-2H3;;;1H2/q;;;;2*+1;/p-2. The number of anilines is 2. The second-order valence-electron chi connectivity index (χ2n) is 20.9. The average Bonchev–Trinajstić information content (AvgIpc) is 0.757. The first-order valence-electron chi connectivity index (χ1n) is 27.9. The molecule has 0 radical (unpaired) electrons. The van der Waals surface area contributed by atoms with Crippen LogP contribution in [-0.2, 0) is 68.3 Å². The van der Waals surface area contributed by atoms with Gasteiger partial charge in [-0.25, -0.2) is 40.2 Å². The second kappa shape index (κ2) is 37.3. The van der Waals surface area contributed by atoms with Crippen LogP contribution in [0.4, 0.5) is 11.6 Å². The fourth-order valence-corrected chi connectivity index (χ4v) is 14.9. The van der Waals surface area contributed by atoms with Crippen molar-refractivity contribution in [1.82, 2.24) is 28.7 Å². The molecule has 96 heavy (non-hydrogen) atoms. The third kappa shape index (κ3) is 21.8. The van der Waals surface area contributed by atoms with Crippen LogP contribution in [0.1, 0.15) is 26.7 Å². The molecule has 36 heteroatoms. The van der Waals surface area contributed by atoms with Crippen LogP contribution in [0.2, 0.25) is 20.2 Å². The Kier molecular flexibility index (Phi) is 33.3. The van der Waals surface area contributed by atoms with Crippen LogP contribution in [0, 0.1) is 0 Å². The molecule has 0 saturated carbocycles. The Labute approximate surface area is 630 Å². The van der Waals surface area contributed by atoms with Crippen LogP contribution in [-0.4, -0.2) is 171 Å². The van der Waals surface area contributed by atoms with Gasteiger partial charge in [0, 0.05) is 67.9 Å². The number of hydrogen-bond acceptors (Lipinski definition) is 23. The normalized spacial score (nSPS) is 11.3. The predicted octanol–water partition coefficient (Wildman–Crippen LogP) is 2.45. The van der Waals surface area contributed by atoms with E-state index in [9.17, 15) is 64.2 Å². The van der Waals surface area contributed by atoms with Crippen LogP contribution in [0.3, 0.4) is 0 Å². The van der Waals surface area contributed by atoms with Crippen LogP contribution in [0.5, 0.6) is 0 Å². The number of halogens is 4. The molecule has 6 aromatic heterocycles. The Bertz CT molecular complexity index is 4750. The molecule has 0 fully saturated rings. The maximum atomic E-state index is 13.1. The molecule has 0 atom stereocenters. The number of aromatic nitrogens is 6. The number of fused-ring (bicyclic) bond motifs is 6.